The van der Waals surface area contributed by atoms with Gasteiger partial charge in [0.15, 0.2) is 0 Å². The second kappa shape index (κ2) is 6.17. The first kappa shape index (κ1) is 13.3. The van der Waals surface area contributed by atoms with Crippen LogP contribution < -0.4 is 0 Å². The number of piperidine rings is 1. The van der Waals surface area contributed by atoms with Crippen LogP contribution in [0.1, 0.15) is 39.0 Å². The molecule has 2 fully saturated rings. The number of aliphatic hydroxyl groups is 1. The summed E-state index contributed by atoms with van der Waals surface area (Å²) >= 11 is 0. The van der Waals surface area contributed by atoms with E-state index >= 15 is 0 Å². The fraction of sp³-hybridized carbons (Fsp3) is 1.00. The van der Waals surface area contributed by atoms with E-state index in [4.69, 9.17) is 0 Å². The second-order valence-electron chi connectivity index (χ2n) is 5.97. The molecule has 1 N–H and O–H groups in total. The lowest BCUT2D eigenvalue weighted by atomic mass is 9.91. The van der Waals surface area contributed by atoms with Crippen molar-refractivity contribution in [1.29, 1.82) is 0 Å². The largest absolute Gasteiger partial charge is 0.395 e. The number of rotatable bonds is 4. The minimum Gasteiger partial charge on any atom is -0.395 e. The van der Waals surface area contributed by atoms with Crippen LogP contribution in [0, 0.1) is 5.92 Å². The van der Waals surface area contributed by atoms with Crippen molar-refractivity contribution in [3.63, 3.8) is 0 Å². The van der Waals surface area contributed by atoms with Crippen LogP contribution in [0.4, 0.5) is 0 Å². The van der Waals surface area contributed by atoms with Gasteiger partial charge in [-0.2, -0.15) is 0 Å². The standard InChI is InChI=1S/C14H28N2O/c1-12-5-3-9-16(14(12)11-17)10-7-13-6-4-8-15(13)2/h12-14,17H,3-11H2,1-2H3. The van der Waals surface area contributed by atoms with Crippen LogP contribution in [0.3, 0.4) is 0 Å². The Morgan fingerprint density at radius 3 is 2.59 bits per heavy atom. The van der Waals surface area contributed by atoms with Crippen molar-refractivity contribution in [1.82, 2.24) is 9.80 Å². The molecule has 3 atom stereocenters. The predicted octanol–water partition coefficient (Wildman–Crippen LogP) is 1.56. The molecule has 3 heteroatoms. The monoisotopic (exact) mass is 240 g/mol. The lowest BCUT2D eigenvalue weighted by Crippen LogP contribution is -2.47. The van der Waals surface area contributed by atoms with Gasteiger partial charge in [-0.15, -0.1) is 0 Å². The van der Waals surface area contributed by atoms with E-state index in [9.17, 15) is 5.11 Å². The minimum absolute atomic E-state index is 0.335. The SMILES string of the molecule is CC1CCCN(CCC2CCCN2C)C1CO. The van der Waals surface area contributed by atoms with E-state index in [-0.39, 0.29) is 0 Å². The third-order valence-electron chi connectivity index (χ3n) is 4.84. The van der Waals surface area contributed by atoms with E-state index in [1.807, 2.05) is 0 Å². The molecule has 0 aliphatic carbocycles. The van der Waals surface area contributed by atoms with E-state index in [1.54, 1.807) is 0 Å². The van der Waals surface area contributed by atoms with Crippen molar-refractivity contribution < 1.29 is 5.11 Å². The van der Waals surface area contributed by atoms with Crippen LogP contribution >= 0.6 is 0 Å². The molecule has 0 bridgehead atoms. The quantitative estimate of drug-likeness (QED) is 0.808. The topological polar surface area (TPSA) is 26.7 Å². The summed E-state index contributed by atoms with van der Waals surface area (Å²) in [7, 11) is 2.25. The van der Waals surface area contributed by atoms with Crippen LogP contribution in [0.2, 0.25) is 0 Å². The molecule has 2 aliphatic rings. The number of likely N-dealkylation sites (tertiary alicyclic amines) is 2. The number of aliphatic hydroxyl groups excluding tert-OH is 1. The summed E-state index contributed by atoms with van der Waals surface area (Å²) in [4.78, 5) is 5.03. The average molecular weight is 240 g/mol. The molecule has 100 valence electrons. The summed E-state index contributed by atoms with van der Waals surface area (Å²) in [6.45, 7) is 6.25. The maximum atomic E-state index is 9.52. The van der Waals surface area contributed by atoms with Crippen molar-refractivity contribution in [2.24, 2.45) is 5.92 Å². The fourth-order valence-electron chi connectivity index (χ4n) is 3.57. The van der Waals surface area contributed by atoms with E-state index in [2.05, 4.69) is 23.8 Å². The first-order valence-electron chi connectivity index (χ1n) is 7.27. The van der Waals surface area contributed by atoms with Crippen LogP contribution in [-0.4, -0.2) is 60.3 Å². The molecular formula is C14H28N2O. The summed E-state index contributed by atoms with van der Waals surface area (Å²) in [6, 6.07) is 1.20. The van der Waals surface area contributed by atoms with E-state index in [0.717, 1.165) is 6.04 Å². The fourth-order valence-corrected chi connectivity index (χ4v) is 3.57. The minimum atomic E-state index is 0.335. The van der Waals surface area contributed by atoms with Crippen molar-refractivity contribution in [2.75, 3.05) is 33.3 Å². The first-order valence-corrected chi connectivity index (χ1v) is 7.27. The highest BCUT2D eigenvalue weighted by Gasteiger charge is 2.29. The predicted molar refractivity (Wildman–Crippen MR) is 71.1 cm³/mol. The lowest BCUT2D eigenvalue weighted by molar-refractivity contribution is 0.0477. The molecule has 0 spiro atoms. The molecule has 2 saturated heterocycles. The van der Waals surface area contributed by atoms with Gasteiger partial charge >= 0.3 is 0 Å². The third kappa shape index (κ3) is 3.21. The van der Waals surface area contributed by atoms with Gasteiger partial charge in [-0.1, -0.05) is 6.92 Å². The first-order chi connectivity index (χ1) is 8.22. The summed E-state index contributed by atoms with van der Waals surface area (Å²) < 4.78 is 0. The Hall–Kier alpha value is -0.120. The van der Waals surface area contributed by atoms with Gasteiger partial charge in [0.2, 0.25) is 0 Å². The number of hydrogen-bond donors (Lipinski definition) is 1. The van der Waals surface area contributed by atoms with Crippen molar-refractivity contribution in [3.8, 4) is 0 Å². The zero-order chi connectivity index (χ0) is 12.3. The Morgan fingerprint density at radius 2 is 1.94 bits per heavy atom. The second-order valence-corrected chi connectivity index (χ2v) is 5.97. The van der Waals surface area contributed by atoms with Crippen molar-refractivity contribution >= 4 is 0 Å². The Kier molecular flexibility index (Phi) is 4.83. The Labute approximate surface area is 106 Å². The molecule has 0 radical (unpaired) electrons. The molecule has 0 amide bonds. The molecule has 17 heavy (non-hydrogen) atoms. The number of hydrogen-bond acceptors (Lipinski definition) is 3. The molecule has 0 aromatic heterocycles. The van der Waals surface area contributed by atoms with E-state index in [1.165, 1.54) is 51.7 Å². The molecule has 0 saturated carbocycles. The summed E-state index contributed by atoms with van der Waals surface area (Å²) in [5.74, 6) is 0.662. The van der Waals surface area contributed by atoms with Gasteiger partial charge in [-0.05, 0) is 58.2 Å². The van der Waals surface area contributed by atoms with Gasteiger partial charge in [0, 0.05) is 18.6 Å². The van der Waals surface area contributed by atoms with Gasteiger partial charge in [-0.3, -0.25) is 4.90 Å². The smallest absolute Gasteiger partial charge is 0.0589 e. The molecule has 2 rings (SSSR count). The maximum Gasteiger partial charge on any atom is 0.0589 e. The van der Waals surface area contributed by atoms with Crippen LogP contribution in [0.25, 0.3) is 0 Å². The van der Waals surface area contributed by atoms with E-state index < -0.39 is 0 Å². The summed E-state index contributed by atoms with van der Waals surface area (Å²) in [5.41, 5.74) is 0. The molecule has 3 nitrogen and oxygen atoms in total. The Balaban J connectivity index is 1.80. The third-order valence-corrected chi connectivity index (χ3v) is 4.84. The Bertz CT molecular complexity index is 234. The highest BCUT2D eigenvalue weighted by Crippen LogP contribution is 2.25. The molecule has 2 heterocycles. The molecule has 0 aromatic carbocycles. The highest BCUT2D eigenvalue weighted by atomic mass is 16.3. The van der Waals surface area contributed by atoms with Gasteiger partial charge in [-0.25, -0.2) is 0 Å². The van der Waals surface area contributed by atoms with Crippen molar-refractivity contribution in [3.05, 3.63) is 0 Å². The highest BCUT2D eigenvalue weighted by molar-refractivity contribution is 4.84. The van der Waals surface area contributed by atoms with Crippen LogP contribution in [-0.2, 0) is 0 Å². The Morgan fingerprint density at radius 1 is 1.18 bits per heavy atom. The zero-order valence-corrected chi connectivity index (χ0v) is 11.4. The molecule has 3 unspecified atom stereocenters. The van der Waals surface area contributed by atoms with Gasteiger partial charge in [0.1, 0.15) is 0 Å². The summed E-state index contributed by atoms with van der Waals surface area (Å²) in [6.07, 6.45) is 6.59. The zero-order valence-electron chi connectivity index (χ0n) is 11.4. The maximum absolute atomic E-state index is 9.52. The molecular weight excluding hydrogens is 212 g/mol. The van der Waals surface area contributed by atoms with Gasteiger partial charge in [0.05, 0.1) is 6.61 Å². The average Bonchev–Trinajstić information content (AvgIpc) is 2.72. The van der Waals surface area contributed by atoms with E-state index in [0.29, 0.717) is 18.6 Å². The number of nitrogens with zero attached hydrogens (tertiary/aromatic N) is 2. The van der Waals surface area contributed by atoms with Crippen LogP contribution in [0.5, 0.6) is 0 Å². The summed E-state index contributed by atoms with van der Waals surface area (Å²) in [5, 5.41) is 9.52. The lowest BCUT2D eigenvalue weighted by Gasteiger charge is -2.39. The van der Waals surface area contributed by atoms with Crippen LogP contribution in [0.15, 0.2) is 0 Å². The molecule has 0 aromatic rings. The van der Waals surface area contributed by atoms with Gasteiger partial charge < -0.3 is 10.0 Å². The van der Waals surface area contributed by atoms with Gasteiger partial charge in [0.25, 0.3) is 0 Å². The normalized spacial score (nSPS) is 36.5. The molecule has 2 aliphatic heterocycles. The van der Waals surface area contributed by atoms with Crippen molar-refractivity contribution in [2.45, 2.75) is 51.1 Å².